The summed E-state index contributed by atoms with van der Waals surface area (Å²) in [6.45, 7) is 4.72. The summed E-state index contributed by atoms with van der Waals surface area (Å²) < 4.78 is 53.8. The Bertz CT molecular complexity index is 1110. The Labute approximate surface area is 181 Å². The second-order valence-corrected chi connectivity index (χ2v) is 11.1. The SMILES string of the molecule is CC(C)CCOc1ccc(C(=O)NNS(=O)(=O)c2cc(S(C)(=O)=O)ccc2Cl)cc1. The lowest BCUT2D eigenvalue weighted by Gasteiger charge is -2.11. The average Bonchev–Trinajstić information content (AvgIpc) is 2.65. The lowest BCUT2D eigenvalue weighted by Crippen LogP contribution is -2.41. The van der Waals surface area contributed by atoms with E-state index < -0.39 is 30.7 Å². The topological polar surface area (TPSA) is 119 Å². The number of hydrogen-bond donors (Lipinski definition) is 2. The van der Waals surface area contributed by atoms with Crippen molar-refractivity contribution in [3.05, 3.63) is 53.1 Å². The molecule has 8 nitrogen and oxygen atoms in total. The molecule has 0 atom stereocenters. The molecule has 2 N–H and O–H groups in total. The molecule has 2 aromatic rings. The van der Waals surface area contributed by atoms with Gasteiger partial charge in [-0.25, -0.2) is 16.8 Å². The van der Waals surface area contributed by atoms with Crippen molar-refractivity contribution in [2.24, 2.45) is 5.92 Å². The Hall–Kier alpha value is -2.14. The van der Waals surface area contributed by atoms with Crippen LogP contribution in [-0.4, -0.2) is 35.6 Å². The van der Waals surface area contributed by atoms with Gasteiger partial charge >= 0.3 is 0 Å². The first-order valence-corrected chi connectivity index (χ1v) is 12.7. The first-order chi connectivity index (χ1) is 13.9. The number of halogens is 1. The largest absolute Gasteiger partial charge is 0.494 e. The lowest BCUT2D eigenvalue weighted by atomic mass is 10.1. The van der Waals surface area contributed by atoms with Crippen LogP contribution in [0.5, 0.6) is 5.75 Å². The second-order valence-electron chi connectivity index (χ2n) is 6.98. The molecule has 0 aromatic heterocycles. The van der Waals surface area contributed by atoms with Crippen molar-refractivity contribution in [2.45, 2.75) is 30.1 Å². The number of nitrogens with one attached hydrogen (secondary N) is 2. The molecular weight excluding hydrogens is 452 g/mol. The minimum Gasteiger partial charge on any atom is -0.494 e. The van der Waals surface area contributed by atoms with Gasteiger partial charge in [-0.3, -0.25) is 10.2 Å². The summed E-state index contributed by atoms with van der Waals surface area (Å²) in [5.74, 6) is 0.398. The van der Waals surface area contributed by atoms with Crippen LogP contribution in [0, 0.1) is 5.92 Å². The van der Waals surface area contributed by atoms with E-state index in [9.17, 15) is 21.6 Å². The van der Waals surface area contributed by atoms with E-state index in [2.05, 4.69) is 19.3 Å². The minimum absolute atomic E-state index is 0.188. The van der Waals surface area contributed by atoms with E-state index in [1.165, 1.54) is 18.2 Å². The molecule has 0 aliphatic heterocycles. The molecule has 0 saturated heterocycles. The minimum atomic E-state index is -4.31. The van der Waals surface area contributed by atoms with Gasteiger partial charge in [0, 0.05) is 11.8 Å². The van der Waals surface area contributed by atoms with E-state index in [1.807, 2.05) is 4.83 Å². The molecule has 1 amide bonds. The maximum atomic E-state index is 12.5. The van der Waals surface area contributed by atoms with Crippen LogP contribution in [0.2, 0.25) is 5.02 Å². The Morgan fingerprint density at radius 1 is 1.07 bits per heavy atom. The lowest BCUT2D eigenvalue weighted by molar-refractivity contribution is 0.0945. The van der Waals surface area contributed by atoms with Gasteiger partial charge in [-0.05, 0) is 54.8 Å². The van der Waals surface area contributed by atoms with Crippen molar-refractivity contribution in [3.63, 3.8) is 0 Å². The second kappa shape index (κ2) is 9.78. The molecule has 0 aliphatic rings. The van der Waals surface area contributed by atoms with Crippen molar-refractivity contribution in [3.8, 4) is 5.75 Å². The Balaban J connectivity index is 2.07. The van der Waals surface area contributed by atoms with E-state index in [1.54, 1.807) is 12.1 Å². The van der Waals surface area contributed by atoms with Gasteiger partial charge in [0.05, 0.1) is 16.5 Å². The number of rotatable bonds is 9. The zero-order chi connectivity index (χ0) is 22.5. The van der Waals surface area contributed by atoms with Crippen LogP contribution in [0.4, 0.5) is 0 Å². The van der Waals surface area contributed by atoms with E-state index in [4.69, 9.17) is 16.3 Å². The fourth-order valence-electron chi connectivity index (χ4n) is 2.28. The van der Waals surface area contributed by atoms with E-state index in [0.29, 0.717) is 18.3 Å². The third kappa shape index (κ3) is 6.69. The fourth-order valence-corrected chi connectivity index (χ4v) is 4.36. The highest BCUT2D eigenvalue weighted by atomic mass is 35.5. The first kappa shape index (κ1) is 24.1. The Morgan fingerprint density at radius 3 is 2.27 bits per heavy atom. The summed E-state index contributed by atoms with van der Waals surface area (Å²) >= 11 is 5.90. The summed E-state index contributed by atoms with van der Waals surface area (Å²) in [7, 11) is -7.95. The number of benzene rings is 2. The van der Waals surface area contributed by atoms with Gasteiger partial charge in [0.25, 0.3) is 15.9 Å². The number of amides is 1. The maximum Gasteiger partial charge on any atom is 0.266 e. The predicted molar refractivity (Wildman–Crippen MR) is 114 cm³/mol. The predicted octanol–water partition coefficient (Wildman–Crippen LogP) is 2.79. The molecular formula is C19H23ClN2O6S2. The van der Waals surface area contributed by atoms with Crippen molar-refractivity contribution in [2.75, 3.05) is 12.9 Å². The number of ether oxygens (including phenoxy) is 1. The number of sulfone groups is 1. The Morgan fingerprint density at radius 2 is 1.70 bits per heavy atom. The van der Waals surface area contributed by atoms with Crippen molar-refractivity contribution < 1.29 is 26.4 Å². The van der Waals surface area contributed by atoms with E-state index in [0.717, 1.165) is 24.8 Å². The van der Waals surface area contributed by atoms with Crippen LogP contribution in [-0.2, 0) is 19.9 Å². The quantitative estimate of drug-likeness (QED) is 0.539. The molecule has 164 valence electrons. The van der Waals surface area contributed by atoms with Crippen LogP contribution < -0.4 is 15.0 Å². The molecule has 0 radical (unpaired) electrons. The molecule has 0 heterocycles. The molecule has 30 heavy (non-hydrogen) atoms. The van der Waals surface area contributed by atoms with Gasteiger partial charge in [-0.1, -0.05) is 25.4 Å². The van der Waals surface area contributed by atoms with Crippen LogP contribution in [0.3, 0.4) is 0 Å². The molecule has 0 fully saturated rings. The van der Waals surface area contributed by atoms with Gasteiger partial charge in [-0.15, -0.1) is 4.83 Å². The van der Waals surface area contributed by atoms with E-state index >= 15 is 0 Å². The highest BCUT2D eigenvalue weighted by molar-refractivity contribution is 7.91. The van der Waals surface area contributed by atoms with E-state index in [-0.39, 0.29) is 15.5 Å². The highest BCUT2D eigenvalue weighted by Crippen LogP contribution is 2.24. The monoisotopic (exact) mass is 474 g/mol. The smallest absolute Gasteiger partial charge is 0.266 e. The normalized spacial score (nSPS) is 12.0. The molecule has 2 rings (SSSR count). The summed E-state index contributed by atoms with van der Waals surface area (Å²) in [6.07, 6.45) is 1.84. The summed E-state index contributed by atoms with van der Waals surface area (Å²) in [6, 6.07) is 9.48. The zero-order valence-corrected chi connectivity index (χ0v) is 19.1. The van der Waals surface area contributed by atoms with Crippen molar-refractivity contribution in [1.29, 1.82) is 0 Å². The molecule has 0 unspecified atom stereocenters. The van der Waals surface area contributed by atoms with Gasteiger partial charge in [0.2, 0.25) is 0 Å². The Kier molecular flexibility index (Phi) is 7.87. The average molecular weight is 475 g/mol. The maximum absolute atomic E-state index is 12.5. The van der Waals surface area contributed by atoms with Crippen LogP contribution in [0.1, 0.15) is 30.6 Å². The molecule has 0 saturated carbocycles. The molecule has 11 heteroatoms. The summed E-state index contributed by atoms with van der Waals surface area (Å²) in [4.78, 5) is 13.5. The molecule has 0 aliphatic carbocycles. The number of hydrogen-bond acceptors (Lipinski definition) is 6. The summed E-state index contributed by atoms with van der Waals surface area (Å²) in [5.41, 5.74) is 2.27. The van der Waals surface area contributed by atoms with Gasteiger partial charge < -0.3 is 4.74 Å². The number of carbonyl (C=O) groups is 1. The highest BCUT2D eigenvalue weighted by Gasteiger charge is 2.22. The van der Waals surface area contributed by atoms with Crippen LogP contribution >= 0.6 is 11.6 Å². The standard InChI is InChI=1S/C19H23ClN2O6S2/c1-13(2)10-11-28-15-6-4-14(5-7-15)19(23)21-22-30(26,27)18-12-16(29(3,24)25)8-9-17(18)20/h4-9,12-13,22H,10-11H2,1-3H3,(H,21,23). The number of carbonyl (C=O) groups excluding carboxylic acids is 1. The number of sulfonamides is 1. The fraction of sp³-hybridized carbons (Fsp3) is 0.316. The number of hydrazine groups is 1. The molecule has 0 bridgehead atoms. The van der Waals surface area contributed by atoms with Crippen molar-refractivity contribution in [1.82, 2.24) is 10.3 Å². The molecule has 0 spiro atoms. The van der Waals surface area contributed by atoms with Gasteiger partial charge in [0.15, 0.2) is 9.84 Å². The van der Waals surface area contributed by atoms with Gasteiger partial charge in [-0.2, -0.15) is 0 Å². The van der Waals surface area contributed by atoms with Crippen LogP contribution in [0.15, 0.2) is 52.3 Å². The first-order valence-electron chi connectivity index (χ1n) is 8.95. The summed E-state index contributed by atoms with van der Waals surface area (Å²) in [5, 5.41) is -0.188. The van der Waals surface area contributed by atoms with Crippen LogP contribution in [0.25, 0.3) is 0 Å². The van der Waals surface area contributed by atoms with Gasteiger partial charge in [0.1, 0.15) is 10.6 Å². The third-order valence-electron chi connectivity index (χ3n) is 4.00. The zero-order valence-electron chi connectivity index (χ0n) is 16.7. The molecule has 2 aromatic carbocycles. The third-order valence-corrected chi connectivity index (χ3v) is 6.84. The van der Waals surface area contributed by atoms with Crippen molar-refractivity contribution >= 4 is 37.4 Å².